The molecule has 1 N–H and O–H groups in total. The fourth-order valence-corrected chi connectivity index (χ4v) is 2.55. The van der Waals surface area contributed by atoms with E-state index in [1.807, 2.05) is 36.0 Å². The Kier molecular flexibility index (Phi) is 8.47. The number of unbranched alkanes of at least 4 members (excludes halogenated alkanes) is 1. The van der Waals surface area contributed by atoms with Gasteiger partial charge in [0.25, 0.3) is 0 Å². The molecule has 0 unspecified atom stereocenters. The van der Waals surface area contributed by atoms with Crippen LogP contribution in [0.2, 0.25) is 0 Å². The molecule has 0 heterocycles. The van der Waals surface area contributed by atoms with Crippen molar-refractivity contribution < 1.29 is 9.90 Å². The first-order valence-electron chi connectivity index (χ1n) is 7.08. The van der Waals surface area contributed by atoms with Crippen molar-refractivity contribution in [2.75, 3.05) is 5.75 Å². The van der Waals surface area contributed by atoms with E-state index in [9.17, 15) is 4.79 Å². The first-order valence-corrected chi connectivity index (χ1v) is 8.07. The van der Waals surface area contributed by atoms with E-state index in [1.165, 1.54) is 29.9 Å². The summed E-state index contributed by atoms with van der Waals surface area (Å²) in [4.78, 5) is 11.9. The van der Waals surface area contributed by atoms with Crippen LogP contribution in [-0.2, 0) is 4.79 Å². The normalized spacial score (nSPS) is 11.9. The van der Waals surface area contributed by atoms with Crippen LogP contribution in [0.15, 0.2) is 59.0 Å². The van der Waals surface area contributed by atoms with Crippen LogP contribution in [0, 0.1) is 11.3 Å². The molecule has 1 aromatic rings. The van der Waals surface area contributed by atoms with Crippen LogP contribution in [-0.4, -0.2) is 16.8 Å². The highest BCUT2D eigenvalue weighted by Crippen LogP contribution is 2.20. The predicted octanol–water partition coefficient (Wildman–Crippen LogP) is 4.68. The molecule has 0 atom stereocenters. The monoisotopic (exact) mass is 313 g/mol. The molecule has 0 bridgehead atoms. The van der Waals surface area contributed by atoms with Gasteiger partial charge in [-0.15, -0.1) is 11.8 Å². The molecule has 22 heavy (non-hydrogen) atoms. The lowest BCUT2D eigenvalue weighted by Crippen LogP contribution is -1.96. The second kappa shape index (κ2) is 10.5. The number of thioether (sulfide) groups is 1. The number of benzene rings is 1. The first kappa shape index (κ1) is 17.8. The molecular formula is C18H19NO2S. The van der Waals surface area contributed by atoms with Crippen LogP contribution in [0.1, 0.15) is 25.3 Å². The lowest BCUT2D eigenvalue weighted by molar-refractivity contribution is -0.132. The van der Waals surface area contributed by atoms with Gasteiger partial charge in [0.2, 0.25) is 0 Å². The fourth-order valence-electron chi connectivity index (χ4n) is 1.55. The Balaban J connectivity index is 2.53. The van der Waals surface area contributed by atoms with E-state index < -0.39 is 5.97 Å². The molecule has 3 nitrogen and oxygen atoms in total. The number of aliphatic carboxylic acids is 1. The van der Waals surface area contributed by atoms with Crippen LogP contribution in [0.4, 0.5) is 0 Å². The molecule has 114 valence electrons. The Morgan fingerprint density at radius 2 is 2.00 bits per heavy atom. The highest BCUT2D eigenvalue weighted by Gasteiger charge is 2.02. The molecule has 1 rings (SSSR count). The van der Waals surface area contributed by atoms with Gasteiger partial charge in [-0.2, -0.15) is 5.26 Å². The molecule has 0 aliphatic heterocycles. The maximum absolute atomic E-state index is 10.6. The zero-order valence-corrected chi connectivity index (χ0v) is 13.3. The summed E-state index contributed by atoms with van der Waals surface area (Å²) >= 11 is 1.86. The van der Waals surface area contributed by atoms with E-state index in [0.29, 0.717) is 0 Å². The predicted molar refractivity (Wildman–Crippen MR) is 91.6 cm³/mol. The van der Waals surface area contributed by atoms with E-state index in [2.05, 4.69) is 19.1 Å². The second-order valence-corrected chi connectivity index (χ2v) is 5.68. The minimum atomic E-state index is -1.22. The molecular weight excluding hydrogens is 294 g/mol. The largest absolute Gasteiger partial charge is 0.477 e. The summed E-state index contributed by atoms with van der Waals surface area (Å²) in [6.45, 7) is 2.19. The van der Waals surface area contributed by atoms with Crippen LogP contribution < -0.4 is 0 Å². The maximum atomic E-state index is 10.6. The van der Waals surface area contributed by atoms with Crippen molar-refractivity contribution in [3.63, 3.8) is 0 Å². The number of hydrogen-bond acceptors (Lipinski definition) is 3. The second-order valence-electron chi connectivity index (χ2n) is 4.51. The number of allylic oxidation sites excluding steroid dienone is 4. The van der Waals surface area contributed by atoms with E-state index in [4.69, 9.17) is 10.4 Å². The van der Waals surface area contributed by atoms with Gasteiger partial charge >= 0.3 is 5.97 Å². The summed E-state index contributed by atoms with van der Waals surface area (Å²) in [5, 5.41) is 17.2. The third kappa shape index (κ3) is 6.96. The SMILES string of the molecule is CCCCSc1ccc(C=CC=CC=C(C#N)C(=O)O)cc1. The molecule has 0 radical (unpaired) electrons. The number of carboxylic acid groups (broad SMARTS) is 1. The molecule has 4 heteroatoms. The van der Waals surface area contributed by atoms with Gasteiger partial charge in [-0.1, -0.05) is 49.8 Å². The van der Waals surface area contributed by atoms with Crippen molar-refractivity contribution in [3.05, 3.63) is 59.7 Å². The summed E-state index contributed by atoms with van der Waals surface area (Å²) in [5.41, 5.74) is 0.797. The third-order valence-corrected chi connectivity index (χ3v) is 3.87. The number of hydrogen-bond donors (Lipinski definition) is 1. The van der Waals surface area contributed by atoms with E-state index in [1.54, 1.807) is 12.1 Å². The van der Waals surface area contributed by atoms with Crippen LogP contribution in [0.3, 0.4) is 0 Å². The number of nitrogens with zero attached hydrogens (tertiary/aromatic N) is 1. The average Bonchev–Trinajstić information content (AvgIpc) is 2.52. The van der Waals surface area contributed by atoms with Gasteiger partial charge in [0.1, 0.15) is 11.6 Å². The molecule has 0 saturated heterocycles. The Morgan fingerprint density at radius 3 is 2.59 bits per heavy atom. The van der Waals surface area contributed by atoms with Crippen molar-refractivity contribution in [3.8, 4) is 6.07 Å². The number of rotatable bonds is 8. The van der Waals surface area contributed by atoms with Crippen molar-refractivity contribution in [1.82, 2.24) is 0 Å². The summed E-state index contributed by atoms with van der Waals surface area (Å²) in [7, 11) is 0. The van der Waals surface area contributed by atoms with Crippen molar-refractivity contribution in [2.45, 2.75) is 24.7 Å². The number of nitriles is 1. The average molecular weight is 313 g/mol. The fraction of sp³-hybridized carbons (Fsp3) is 0.222. The van der Waals surface area contributed by atoms with E-state index >= 15 is 0 Å². The topological polar surface area (TPSA) is 61.1 Å². The van der Waals surface area contributed by atoms with Crippen LogP contribution in [0.25, 0.3) is 6.08 Å². The quantitative estimate of drug-likeness (QED) is 0.249. The Hall–Kier alpha value is -2.25. The van der Waals surface area contributed by atoms with Gasteiger partial charge in [0.05, 0.1) is 0 Å². The van der Waals surface area contributed by atoms with E-state index in [-0.39, 0.29) is 5.57 Å². The Morgan fingerprint density at radius 1 is 1.27 bits per heavy atom. The van der Waals surface area contributed by atoms with Gasteiger partial charge in [0, 0.05) is 4.90 Å². The highest BCUT2D eigenvalue weighted by molar-refractivity contribution is 7.99. The van der Waals surface area contributed by atoms with Crippen LogP contribution >= 0.6 is 11.8 Å². The van der Waals surface area contributed by atoms with E-state index in [0.717, 1.165) is 11.3 Å². The molecule has 0 aliphatic rings. The van der Waals surface area contributed by atoms with Gasteiger partial charge in [-0.25, -0.2) is 4.79 Å². The number of carboxylic acids is 1. The standard InChI is InChI=1S/C18H19NO2S/c1-2-3-13-22-17-11-9-15(10-12-17)7-5-4-6-8-16(14-19)18(20)21/h4-12H,2-3,13H2,1H3,(H,20,21). The molecule has 0 aromatic heterocycles. The maximum Gasteiger partial charge on any atom is 0.346 e. The third-order valence-electron chi connectivity index (χ3n) is 2.77. The molecule has 0 aliphatic carbocycles. The van der Waals surface area contributed by atoms with Crippen molar-refractivity contribution in [2.24, 2.45) is 0 Å². The van der Waals surface area contributed by atoms with Crippen LogP contribution in [0.5, 0.6) is 0 Å². The van der Waals surface area contributed by atoms with Gasteiger partial charge < -0.3 is 5.11 Å². The summed E-state index contributed by atoms with van der Waals surface area (Å²) < 4.78 is 0. The van der Waals surface area contributed by atoms with Crippen molar-refractivity contribution in [1.29, 1.82) is 5.26 Å². The minimum absolute atomic E-state index is 0.280. The zero-order chi connectivity index (χ0) is 16.2. The Labute approximate surface area is 135 Å². The van der Waals surface area contributed by atoms with Gasteiger partial charge in [-0.3, -0.25) is 0 Å². The lowest BCUT2D eigenvalue weighted by Gasteiger charge is -2.00. The summed E-state index contributed by atoms with van der Waals surface area (Å²) in [6.07, 6.45) is 10.7. The Bertz CT molecular complexity index is 607. The molecule has 1 aromatic carbocycles. The lowest BCUT2D eigenvalue weighted by atomic mass is 10.2. The zero-order valence-electron chi connectivity index (χ0n) is 12.5. The molecule has 0 spiro atoms. The summed E-state index contributed by atoms with van der Waals surface area (Å²) in [5.74, 6) is -0.0711. The molecule has 0 saturated carbocycles. The van der Waals surface area contributed by atoms with Gasteiger partial charge in [-0.05, 0) is 35.9 Å². The smallest absolute Gasteiger partial charge is 0.346 e. The minimum Gasteiger partial charge on any atom is -0.477 e. The van der Waals surface area contributed by atoms with Crippen molar-refractivity contribution >= 4 is 23.8 Å². The summed E-state index contributed by atoms with van der Waals surface area (Å²) in [6, 6.07) is 9.92. The molecule has 0 amide bonds. The van der Waals surface area contributed by atoms with Gasteiger partial charge in [0.15, 0.2) is 0 Å². The first-order chi connectivity index (χ1) is 10.7. The number of carbonyl (C=O) groups is 1. The molecule has 0 fully saturated rings. The highest BCUT2D eigenvalue weighted by atomic mass is 32.2.